The maximum Gasteiger partial charge on any atom is 0.312 e. The van der Waals surface area contributed by atoms with Gasteiger partial charge in [0.2, 0.25) is 11.8 Å². The number of carbonyl (C=O) groups is 3. The predicted octanol–water partition coefficient (Wildman–Crippen LogP) is 4.03. The number of nitrogens with zero attached hydrogens (tertiary/aromatic N) is 2. The van der Waals surface area contributed by atoms with Crippen molar-refractivity contribution >= 4 is 17.8 Å². The molecule has 0 saturated carbocycles. The van der Waals surface area contributed by atoms with Crippen molar-refractivity contribution < 1.29 is 29.0 Å². The first kappa shape index (κ1) is 30.0. The van der Waals surface area contributed by atoms with Gasteiger partial charge < -0.3 is 24.4 Å². The number of allylic oxidation sites excluding steroid dienone is 1. The molecule has 0 aromatic heterocycles. The van der Waals surface area contributed by atoms with Crippen molar-refractivity contribution in [1.82, 2.24) is 9.80 Å². The third-order valence-electron chi connectivity index (χ3n) is 8.75. The molecular formula is C32H44N2O6. The average molecular weight is 553 g/mol. The average Bonchev–Trinajstić information content (AvgIpc) is 3.51. The van der Waals surface area contributed by atoms with Crippen LogP contribution in [0, 0.1) is 11.8 Å². The lowest BCUT2D eigenvalue weighted by Crippen LogP contribution is -2.56. The summed E-state index contributed by atoms with van der Waals surface area (Å²) in [6.45, 7) is 11.0. The van der Waals surface area contributed by atoms with Crippen LogP contribution in [0.4, 0.5) is 0 Å². The summed E-state index contributed by atoms with van der Waals surface area (Å²) in [5.41, 5.74) is -0.949. The molecular weight excluding hydrogens is 508 g/mol. The Hall–Kier alpha value is -2.97. The molecule has 1 N–H and O–H groups in total. The van der Waals surface area contributed by atoms with Crippen molar-refractivity contribution in [3.05, 3.63) is 61.2 Å². The van der Waals surface area contributed by atoms with Gasteiger partial charge in [0.05, 0.1) is 18.1 Å². The molecule has 218 valence electrons. The Morgan fingerprint density at radius 2 is 1.88 bits per heavy atom. The summed E-state index contributed by atoms with van der Waals surface area (Å²) in [7, 11) is 0. The molecule has 0 aliphatic carbocycles. The highest BCUT2D eigenvalue weighted by Gasteiger charge is 2.78. The van der Waals surface area contributed by atoms with Crippen molar-refractivity contribution in [1.29, 1.82) is 0 Å². The smallest absolute Gasteiger partial charge is 0.312 e. The van der Waals surface area contributed by atoms with Gasteiger partial charge in [0.1, 0.15) is 17.6 Å². The minimum Gasteiger partial charge on any atom is -0.465 e. The van der Waals surface area contributed by atoms with Crippen LogP contribution in [0.3, 0.4) is 0 Å². The molecule has 4 rings (SSSR count). The second-order valence-corrected chi connectivity index (χ2v) is 11.5. The summed E-state index contributed by atoms with van der Waals surface area (Å²) in [5.74, 6) is -2.31. The van der Waals surface area contributed by atoms with E-state index < -0.39 is 35.0 Å². The molecule has 1 aromatic carbocycles. The van der Waals surface area contributed by atoms with Gasteiger partial charge in [-0.3, -0.25) is 14.4 Å². The molecule has 5 atom stereocenters. The molecule has 3 fully saturated rings. The molecule has 40 heavy (non-hydrogen) atoms. The number of aliphatic hydroxyl groups is 1. The van der Waals surface area contributed by atoms with E-state index >= 15 is 0 Å². The van der Waals surface area contributed by atoms with Crippen LogP contribution in [-0.4, -0.2) is 76.2 Å². The largest absolute Gasteiger partial charge is 0.465 e. The highest BCUT2D eigenvalue weighted by Crippen LogP contribution is 2.63. The lowest BCUT2D eigenvalue weighted by Gasteiger charge is -2.37. The number of esters is 1. The van der Waals surface area contributed by atoms with Gasteiger partial charge in [0, 0.05) is 26.2 Å². The quantitative estimate of drug-likeness (QED) is 0.189. The van der Waals surface area contributed by atoms with E-state index in [2.05, 4.69) is 13.2 Å². The molecule has 2 unspecified atom stereocenters. The zero-order chi connectivity index (χ0) is 28.8. The van der Waals surface area contributed by atoms with E-state index in [0.29, 0.717) is 51.7 Å². The molecule has 3 heterocycles. The van der Waals surface area contributed by atoms with Crippen LogP contribution in [0.5, 0.6) is 0 Å². The van der Waals surface area contributed by atoms with Gasteiger partial charge in [0.15, 0.2) is 0 Å². The normalized spacial score (nSPS) is 28.4. The fourth-order valence-electron chi connectivity index (χ4n) is 6.91. The summed E-state index contributed by atoms with van der Waals surface area (Å²) >= 11 is 0. The Balaban J connectivity index is 1.64. The van der Waals surface area contributed by atoms with Crippen LogP contribution >= 0.6 is 0 Å². The standard InChI is InChI=1S/C32H44N2O6/c1-4-6-14-22-39-30(38)26-25-28(36)34(20-12-7-8-13-21-35)27(32(25)18-17-31(26,3)40-32)29(37)33(19-5-2)23-24-15-10-9-11-16-24/h4-5,9-11,15-16,25-27,35H,1-2,6-8,12-14,17-23H2,3H3/t25-,26-,27?,31+,32?/m0/s1. The topological polar surface area (TPSA) is 96.4 Å². The molecule has 2 bridgehead atoms. The molecule has 3 aliphatic rings. The van der Waals surface area contributed by atoms with E-state index in [1.807, 2.05) is 37.3 Å². The second kappa shape index (κ2) is 13.1. The van der Waals surface area contributed by atoms with E-state index in [1.54, 1.807) is 22.0 Å². The van der Waals surface area contributed by atoms with E-state index in [9.17, 15) is 14.4 Å². The lowest BCUT2D eigenvalue weighted by molar-refractivity contribution is -0.160. The molecule has 8 nitrogen and oxygen atoms in total. The minimum atomic E-state index is -1.07. The number of benzene rings is 1. The number of aliphatic hydroxyl groups excluding tert-OH is 1. The van der Waals surface area contributed by atoms with Gasteiger partial charge in [-0.25, -0.2) is 0 Å². The van der Waals surface area contributed by atoms with Gasteiger partial charge in [0.25, 0.3) is 0 Å². The van der Waals surface area contributed by atoms with E-state index in [0.717, 1.165) is 24.8 Å². The Bertz CT molecular complexity index is 1080. The van der Waals surface area contributed by atoms with Gasteiger partial charge >= 0.3 is 5.97 Å². The predicted molar refractivity (Wildman–Crippen MR) is 152 cm³/mol. The van der Waals surface area contributed by atoms with Crippen LogP contribution < -0.4 is 0 Å². The summed E-state index contributed by atoms with van der Waals surface area (Å²) in [5, 5.41) is 9.16. The first-order valence-corrected chi connectivity index (χ1v) is 14.7. The number of ether oxygens (including phenoxy) is 2. The molecule has 1 aromatic rings. The summed E-state index contributed by atoms with van der Waals surface area (Å²) in [4.78, 5) is 45.5. The second-order valence-electron chi connectivity index (χ2n) is 11.5. The third kappa shape index (κ3) is 5.75. The SMILES string of the molecule is C=CCCCOC(=O)[C@@H]1[C@H]2C(=O)N(CCCCCCO)C(C(=O)N(CC=C)Cc3ccccc3)C23CC[C@@]1(C)O3. The monoisotopic (exact) mass is 552 g/mol. The van der Waals surface area contributed by atoms with Crippen LogP contribution in [0.25, 0.3) is 0 Å². The number of unbranched alkanes of at least 4 members (excludes halogenated alkanes) is 4. The van der Waals surface area contributed by atoms with Crippen LogP contribution in [-0.2, 0) is 30.4 Å². The Kier molecular flexibility index (Phi) is 9.85. The van der Waals surface area contributed by atoms with E-state index in [1.165, 1.54) is 0 Å². The van der Waals surface area contributed by atoms with Crippen molar-refractivity contribution in [2.24, 2.45) is 11.8 Å². The maximum atomic E-state index is 14.4. The molecule has 1 spiro atoms. The Labute approximate surface area is 238 Å². The third-order valence-corrected chi connectivity index (χ3v) is 8.75. The van der Waals surface area contributed by atoms with Crippen molar-refractivity contribution in [3.63, 3.8) is 0 Å². The van der Waals surface area contributed by atoms with Crippen molar-refractivity contribution in [2.75, 3.05) is 26.3 Å². The number of hydrogen-bond acceptors (Lipinski definition) is 6. The fourth-order valence-corrected chi connectivity index (χ4v) is 6.91. The molecule has 2 amide bonds. The maximum absolute atomic E-state index is 14.4. The Morgan fingerprint density at radius 3 is 2.58 bits per heavy atom. The van der Waals surface area contributed by atoms with Crippen LogP contribution in [0.1, 0.15) is 63.9 Å². The number of rotatable bonds is 16. The number of fused-ring (bicyclic) bond motifs is 1. The zero-order valence-electron chi connectivity index (χ0n) is 23.8. The molecule has 8 heteroatoms. The highest BCUT2D eigenvalue weighted by molar-refractivity contribution is 5.98. The number of carbonyl (C=O) groups excluding carboxylic acids is 3. The first-order chi connectivity index (χ1) is 19.3. The Morgan fingerprint density at radius 1 is 1.12 bits per heavy atom. The van der Waals surface area contributed by atoms with Gasteiger partial charge in [-0.1, -0.05) is 55.3 Å². The molecule has 0 radical (unpaired) electrons. The number of hydrogen-bond donors (Lipinski definition) is 1. The summed E-state index contributed by atoms with van der Waals surface area (Å²) in [6.07, 6.45) is 9.07. The lowest BCUT2D eigenvalue weighted by atomic mass is 9.66. The highest BCUT2D eigenvalue weighted by atomic mass is 16.6. The summed E-state index contributed by atoms with van der Waals surface area (Å²) in [6, 6.07) is 8.93. The van der Waals surface area contributed by atoms with Gasteiger partial charge in [-0.2, -0.15) is 0 Å². The molecule has 3 aliphatic heterocycles. The minimum absolute atomic E-state index is 0.133. The zero-order valence-corrected chi connectivity index (χ0v) is 23.8. The van der Waals surface area contributed by atoms with E-state index in [-0.39, 0.29) is 25.0 Å². The van der Waals surface area contributed by atoms with Gasteiger partial charge in [-0.15, -0.1) is 13.2 Å². The first-order valence-electron chi connectivity index (χ1n) is 14.7. The van der Waals surface area contributed by atoms with Crippen molar-refractivity contribution in [2.45, 2.75) is 82.1 Å². The summed E-state index contributed by atoms with van der Waals surface area (Å²) < 4.78 is 12.4. The van der Waals surface area contributed by atoms with Crippen LogP contribution in [0.15, 0.2) is 55.6 Å². The van der Waals surface area contributed by atoms with E-state index in [4.69, 9.17) is 14.6 Å². The fraction of sp³-hybridized carbons (Fsp3) is 0.594. The van der Waals surface area contributed by atoms with Crippen LogP contribution in [0.2, 0.25) is 0 Å². The molecule has 3 saturated heterocycles. The number of likely N-dealkylation sites (tertiary alicyclic amines) is 1. The van der Waals surface area contributed by atoms with Crippen molar-refractivity contribution in [3.8, 4) is 0 Å². The van der Waals surface area contributed by atoms with Gasteiger partial charge in [-0.05, 0) is 51.0 Å². The number of amides is 2.